The number of piperidine rings is 1. The molecule has 0 aromatic rings. The minimum atomic E-state index is 0.203. The zero-order chi connectivity index (χ0) is 9.26. The molecule has 0 bridgehead atoms. The third-order valence-electron chi connectivity index (χ3n) is 3.02. The Balaban J connectivity index is 1.85. The third-order valence-corrected chi connectivity index (χ3v) is 3.02. The summed E-state index contributed by atoms with van der Waals surface area (Å²) in [7, 11) is 0. The summed E-state index contributed by atoms with van der Waals surface area (Å²) < 4.78 is 0. The van der Waals surface area contributed by atoms with E-state index in [-0.39, 0.29) is 11.8 Å². The quantitative estimate of drug-likeness (QED) is 0.658. The average molecular weight is 182 g/mol. The first-order valence-electron chi connectivity index (χ1n) is 5.31. The molecule has 0 aromatic carbocycles. The monoisotopic (exact) mass is 182 g/mol. The topological polar surface area (TPSA) is 41.1 Å². The van der Waals surface area contributed by atoms with Gasteiger partial charge in [-0.25, -0.2) is 0 Å². The molecule has 0 spiro atoms. The van der Waals surface area contributed by atoms with E-state index >= 15 is 0 Å². The normalized spacial score (nSPS) is 34.2. The van der Waals surface area contributed by atoms with Crippen molar-refractivity contribution in [3.63, 3.8) is 0 Å². The first-order chi connectivity index (χ1) is 6.27. The van der Waals surface area contributed by atoms with Crippen molar-refractivity contribution >= 4 is 5.91 Å². The summed E-state index contributed by atoms with van der Waals surface area (Å²) in [5.41, 5.74) is 0. The van der Waals surface area contributed by atoms with Crippen LogP contribution in [0.15, 0.2) is 0 Å². The van der Waals surface area contributed by atoms with E-state index in [9.17, 15) is 4.79 Å². The highest BCUT2D eigenvalue weighted by Gasteiger charge is 2.31. The summed E-state index contributed by atoms with van der Waals surface area (Å²) in [5.74, 6) is 0.469. The zero-order valence-electron chi connectivity index (χ0n) is 8.18. The predicted octanol–water partition coefficient (Wildman–Crippen LogP) is 0.653. The van der Waals surface area contributed by atoms with Crippen LogP contribution in [-0.4, -0.2) is 24.5 Å². The van der Waals surface area contributed by atoms with Gasteiger partial charge in [-0.05, 0) is 39.2 Å². The molecule has 2 rings (SSSR count). The van der Waals surface area contributed by atoms with Crippen LogP contribution in [0.25, 0.3) is 0 Å². The van der Waals surface area contributed by atoms with E-state index < -0.39 is 0 Å². The van der Waals surface area contributed by atoms with Gasteiger partial charge in [0.2, 0.25) is 5.91 Å². The molecule has 3 nitrogen and oxygen atoms in total. The van der Waals surface area contributed by atoms with Crippen LogP contribution < -0.4 is 10.6 Å². The van der Waals surface area contributed by atoms with Crippen LogP contribution in [0.5, 0.6) is 0 Å². The minimum absolute atomic E-state index is 0.203. The van der Waals surface area contributed by atoms with Gasteiger partial charge in [-0.2, -0.15) is 0 Å². The maximum atomic E-state index is 11.7. The number of amides is 1. The number of carbonyl (C=O) groups is 1. The van der Waals surface area contributed by atoms with Crippen molar-refractivity contribution in [3.05, 3.63) is 0 Å². The van der Waals surface area contributed by atoms with Crippen molar-refractivity contribution in [1.82, 2.24) is 10.6 Å². The summed E-state index contributed by atoms with van der Waals surface area (Å²) >= 11 is 0. The van der Waals surface area contributed by atoms with Gasteiger partial charge in [-0.15, -0.1) is 0 Å². The Kier molecular flexibility index (Phi) is 2.54. The van der Waals surface area contributed by atoms with E-state index in [1.165, 1.54) is 12.8 Å². The van der Waals surface area contributed by atoms with E-state index in [1.54, 1.807) is 0 Å². The maximum absolute atomic E-state index is 11.7. The molecule has 3 heteroatoms. The van der Waals surface area contributed by atoms with Crippen molar-refractivity contribution in [1.29, 1.82) is 0 Å². The molecule has 1 aliphatic heterocycles. The fourth-order valence-electron chi connectivity index (χ4n) is 1.94. The molecule has 2 aliphatic rings. The maximum Gasteiger partial charge on any atom is 0.224 e. The summed E-state index contributed by atoms with van der Waals surface area (Å²) in [6.45, 7) is 3.17. The van der Waals surface area contributed by atoms with Crippen molar-refractivity contribution in [2.24, 2.45) is 5.92 Å². The van der Waals surface area contributed by atoms with Gasteiger partial charge in [0.15, 0.2) is 0 Å². The van der Waals surface area contributed by atoms with Gasteiger partial charge in [0, 0.05) is 12.1 Å². The summed E-state index contributed by atoms with van der Waals surface area (Å²) in [5, 5.41) is 6.42. The lowest BCUT2D eigenvalue weighted by Gasteiger charge is -2.28. The summed E-state index contributed by atoms with van der Waals surface area (Å²) in [6, 6.07) is 0.856. The molecule has 1 aliphatic carbocycles. The first-order valence-corrected chi connectivity index (χ1v) is 5.31. The average Bonchev–Trinajstić information content (AvgIpc) is 2.89. The van der Waals surface area contributed by atoms with Crippen LogP contribution in [0.4, 0.5) is 0 Å². The molecule has 0 unspecified atom stereocenters. The second-order valence-corrected chi connectivity index (χ2v) is 4.27. The molecule has 0 radical (unpaired) electrons. The fraction of sp³-hybridized carbons (Fsp3) is 0.900. The first kappa shape index (κ1) is 9.00. The molecule has 1 saturated carbocycles. The number of nitrogens with one attached hydrogen (secondary N) is 2. The Labute approximate surface area is 79.3 Å². The standard InChI is InChI=1S/C10H18N2O/c1-7-9(3-2-6-11-7)10(13)12-8-4-5-8/h7-9,11H,2-6H2,1H3,(H,12,13)/t7-,9+/m1/s1. The third kappa shape index (κ3) is 2.21. The second-order valence-electron chi connectivity index (χ2n) is 4.27. The van der Waals surface area contributed by atoms with E-state index in [1.807, 2.05) is 0 Å². The number of carbonyl (C=O) groups excluding carboxylic acids is 1. The minimum Gasteiger partial charge on any atom is -0.353 e. The van der Waals surface area contributed by atoms with Gasteiger partial charge in [0.1, 0.15) is 0 Å². The molecule has 2 fully saturated rings. The van der Waals surface area contributed by atoms with Crippen LogP contribution in [0.3, 0.4) is 0 Å². The molecule has 74 valence electrons. The van der Waals surface area contributed by atoms with Gasteiger partial charge in [0.05, 0.1) is 5.92 Å². The molecular formula is C10H18N2O. The fourth-order valence-corrected chi connectivity index (χ4v) is 1.94. The molecule has 2 atom stereocenters. The highest BCUT2D eigenvalue weighted by molar-refractivity contribution is 5.80. The predicted molar refractivity (Wildman–Crippen MR) is 51.4 cm³/mol. The smallest absolute Gasteiger partial charge is 0.224 e. The van der Waals surface area contributed by atoms with Gasteiger partial charge < -0.3 is 10.6 Å². The number of rotatable bonds is 2. The molecule has 1 amide bonds. The molecule has 1 saturated heterocycles. The van der Waals surface area contributed by atoms with E-state index in [4.69, 9.17) is 0 Å². The SMILES string of the molecule is C[C@H]1NCCC[C@@H]1C(=O)NC1CC1. The largest absolute Gasteiger partial charge is 0.353 e. The number of hydrogen-bond donors (Lipinski definition) is 2. The second kappa shape index (κ2) is 3.66. The number of hydrogen-bond acceptors (Lipinski definition) is 2. The van der Waals surface area contributed by atoms with Crippen LogP contribution in [-0.2, 0) is 4.79 Å². The Morgan fingerprint density at radius 2 is 2.15 bits per heavy atom. The van der Waals surface area contributed by atoms with Crippen LogP contribution in [0.1, 0.15) is 32.6 Å². The van der Waals surface area contributed by atoms with Crippen LogP contribution in [0.2, 0.25) is 0 Å². The van der Waals surface area contributed by atoms with Gasteiger partial charge >= 0.3 is 0 Å². The lowest BCUT2D eigenvalue weighted by atomic mass is 9.91. The van der Waals surface area contributed by atoms with Crippen LogP contribution in [0, 0.1) is 5.92 Å². The molecule has 0 aromatic heterocycles. The lowest BCUT2D eigenvalue weighted by molar-refractivity contribution is -0.126. The summed E-state index contributed by atoms with van der Waals surface area (Å²) in [4.78, 5) is 11.7. The Morgan fingerprint density at radius 1 is 1.38 bits per heavy atom. The molecule has 2 N–H and O–H groups in total. The van der Waals surface area contributed by atoms with Crippen molar-refractivity contribution in [3.8, 4) is 0 Å². The van der Waals surface area contributed by atoms with Gasteiger partial charge in [-0.1, -0.05) is 0 Å². The molecular weight excluding hydrogens is 164 g/mol. The van der Waals surface area contributed by atoms with Crippen molar-refractivity contribution < 1.29 is 4.79 Å². The van der Waals surface area contributed by atoms with Gasteiger partial charge in [0.25, 0.3) is 0 Å². The van der Waals surface area contributed by atoms with Crippen LogP contribution >= 0.6 is 0 Å². The van der Waals surface area contributed by atoms with E-state index in [2.05, 4.69) is 17.6 Å². The zero-order valence-corrected chi connectivity index (χ0v) is 8.18. The van der Waals surface area contributed by atoms with Crippen molar-refractivity contribution in [2.45, 2.75) is 44.7 Å². The highest BCUT2D eigenvalue weighted by Crippen LogP contribution is 2.22. The van der Waals surface area contributed by atoms with Gasteiger partial charge in [-0.3, -0.25) is 4.79 Å². The van der Waals surface area contributed by atoms with Crippen molar-refractivity contribution in [2.75, 3.05) is 6.54 Å². The Hall–Kier alpha value is -0.570. The molecule has 1 heterocycles. The highest BCUT2D eigenvalue weighted by atomic mass is 16.2. The Bertz CT molecular complexity index is 201. The van der Waals surface area contributed by atoms with E-state index in [0.29, 0.717) is 12.1 Å². The lowest BCUT2D eigenvalue weighted by Crippen LogP contribution is -2.47. The molecule has 13 heavy (non-hydrogen) atoms. The summed E-state index contributed by atoms with van der Waals surface area (Å²) in [6.07, 6.45) is 4.54. The Morgan fingerprint density at radius 3 is 2.77 bits per heavy atom. The van der Waals surface area contributed by atoms with E-state index in [0.717, 1.165) is 19.4 Å².